The minimum atomic E-state index is -3.62. The topological polar surface area (TPSA) is 83.7 Å². The lowest BCUT2D eigenvalue weighted by Gasteiger charge is -2.40. The van der Waals surface area contributed by atoms with Crippen molar-refractivity contribution in [2.75, 3.05) is 13.1 Å². The lowest BCUT2D eigenvalue weighted by Crippen LogP contribution is -2.50. The van der Waals surface area contributed by atoms with Gasteiger partial charge in [-0.3, -0.25) is 4.79 Å². The van der Waals surface area contributed by atoms with E-state index >= 15 is 0 Å². The monoisotopic (exact) mass is 357 g/mol. The van der Waals surface area contributed by atoms with Crippen LogP contribution in [0.15, 0.2) is 0 Å². The zero-order valence-electron chi connectivity index (χ0n) is 14.7. The molecule has 0 aromatic rings. The van der Waals surface area contributed by atoms with Gasteiger partial charge < -0.3 is 4.90 Å². The third-order valence-corrected chi connectivity index (χ3v) is 7.23. The molecule has 24 heavy (non-hydrogen) atoms. The molecule has 138 valence electrons. The summed E-state index contributed by atoms with van der Waals surface area (Å²) in [5, 5.41) is 5.20. The van der Waals surface area contributed by atoms with Crippen molar-refractivity contribution in [3.05, 3.63) is 0 Å². The van der Waals surface area contributed by atoms with Crippen molar-refractivity contribution in [2.45, 2.75) is 76.8 Å². The lowest BCUT2D eigenvalue weighted by atomic mass is 9.83. The van der Waals surface area contributed by atoms with E-state index in [1.54, 1.807) is 0 Å². The van der Waals surface area contributed by atoms with Crippen LogP contribution in [0.25, 0.3) is 0 Å². The van der Waals surface area contributed by atoms with Crippen molar-refractivity contribution in [2.24, 2.45) is 17.0 Å². The van der Waals surface area contributed by atoms with Crippen LogP contribution in [0.2, 0.25) is 0 Å². The number of rotatable bonds is 5. The fraction of sp³-hybridized carbons (Fsp3) is 0.941. The predicted octanol–water partition coefficient (Wildman–Crippen LogP) is 1.86. The largest absolute Gasteiger partial charge is 0.336 e. The molecule has 3 aliphatic rings. The second kappa shape index (κ2) is 7.30. The standard InChI is InChI=1S/C17H31N3O3S/c1-2-13-3-5-15(6-4-13)20(16-7-8-16)17(21)14-9-11-19(12-10-14)24(18,22)23/h13-16H,2-12H2,1H3,(H2,18,22,23). The molecule has 0 aromatic carbocycles. The van der Waals surface area contributed by atoms with Crippen molar-refractivity contribution >= 4 is 16.1 Å². The first kappa shape index (κ1) is 18.1. The molecule has 3 rings (SSSR count). The maximum Gasteiger partial charge on any atom is 0.276 e. The molecule has 1 saturated heterocycles. The van der Waals surface area contributed by atoms with E-state index in [0.717, 1.165) is 31.6 Å². The molecule has 2 N–H and O–H groups in total. The first-order valence-electron chi connectivity index (χ1n) is 9.50. The first-order valence-corrected chi connectivity index (χ1v) is 11.0. The Morgan fingerprint density at radius 2 is 1.50 bits per heavy atom. The Kier molecular flexibility index (Phi) is 5.52. The predicted molar refractivity (Wildman–Crippen MR) is 93.3 cm³/mol. The Morgan fingerprint density at radius 1 is 1.00 bits per heavy atom. The zero-order valence-corrected chi connectivity index (χ0v) is 15.5. The van der Waals surface area contributed by atoms with Crippen LogP contribution < -0.4 is 5.14 Å². The maximum absolute atomic E-state index is 13.1. The third-order valence-electron chi connectivity index (χ3n) is 6.14. The Balaban J connectivity index is 1.60. The van der Waals surface area contributed by atoms with Gasteiger partial charge >= 0.3 is 0 Å². The molecular weight excluding hydrogens is 326 g/mol. The van der Waals surface area contributed by atoms with Crippen molar-refractivity contribution in [3.8, 4) is 0 Å². The van der Waals surface area contributed by atoms with Gasteiger partial charge in [-0.05, 0) is 57.3 Å². The van der Waals surface area contributed by atoms with Gasteiger partial charge in [-0.15, -0.1) is 0 Å². The summed E-state index contributed by atoms with van der Waals surface area (Å²) in [5.74, 6) is 1.06. The van der Waals surface area contributed by atoms with Crippen molar-refractivity contribution in [1.82, 2.24) is 9.21 Å². The molecule has 2 aliphatic carbocycles. The Hall–Kier alpha value is -0.660. The number of nitrogens with two attached hydrogens (primary N) is 1. The van der Waals surface area contributed by atoms with Crippen LogP contribution in [-0.2, 0) is 15.0 Å². The Bertz CT molecular complexity index is 545. The minimum absolute atomic E-state index is 0.0347. The quantitative estimate of drug-likeness (QED) is 0.815. The van der Waals surface area contributed by atoms with Crippen molar-refractivity contribution < 1.29 is 13.2 Å². The van der Waals surface area contributed by atoms with Crippen LogP contribution in [0.3, 0.4) is 0 Å². The fourth-order valence-corrected chi connectivity index (χ4v) is 5.13. The molecule has 1 aliphatic heterocycles. The molecule has 1 amide bonds. The summed E-state index contributed by atoms with van der Waals surface area (Å²) in [6, 6.07) is 0.848. The van der Waals surface area contributed by atoms with Gasteiger partial charge in [-0.25, -0.2) is 5.14 Å². The summed E-state index contributed by atoms with van der Waals surface area (Å²) < 4.78 is 24.2. The van der Waals surface area contributed by atoms with Gasteiger partial charge in [0.1, 0.15) is 0 Å². The summed E-state index contributed by atoms with van der Waals surface area (Å²) in [4.78, 5) is 15.3. The number of carbonyl (C=O) groups excluding carboxylic acids is 1. The van der Waals surface area contributed by atoms with E-state index in [9.17, 15) is 13.2 Å². The van der Waals surface area contributed by atoms with Crippen LogP contribution in [0.1, 0.15) is 64.7 Å². The van der Waals surface area contributed by atoms with Gasteiger partial charge in [0.05, 0.1) is 0 Å². The third kappa shape index (κ3) is 4.11. The van der Waals surface area contributed by atoms with E-state index in [4.69, 9.17) is 5.14 Å². The number of hydrogen-bond acceptors (Lipinski definition) is 3. The second-order valence-electron chi connectivity index (χ2n) is 7.78. The SMILES string of the molecule is CCC1CCC(N(C(=O)C2CCN(S(N)(=O)=O)CC2)C2CC2)CC1. The fourth-order valence-electron chi connectivity index (χ4n) is 4.41. The van der Waals surface area contributed by atoms with E-state index in [0.29, 0.717) is 38.0 Å². The van der Waals surface area contributed by atoms with Crippen LogP contribution in [0, 0.1) is 11.8 Å². The second-order valence-corrected chi connectivity index (χ2v) is 9.32. The molecule has 1 heterocycles. The van der Waals surface area contributed by atoms with Crippen molar-refractivity contribution in [1.29, 1.82) is 0 Å². The molecule has 0 radical (unpaired) electrons. The van der Waals surface area contributed by atoms with Crippen molar-refractivity contribution in [3.63, 3.8) is 0 Å². The summed E-state index contributed by atoms with van der Waals surface area (Å²) in [6.45, 7) is 3.00. The maximum atomic E-state index is 13.1. The zero-order chi connectivity index (χ0) is 17.3. The van der Waals surface area contributed by atoms with E-state index in [1.165, 1.54) is 23.6 Å². The van der Waals surface area contributed by atoms with Crippen LogP contribution in [-0.4, -0.2) is 48.7 Å². The average molecular weight is 358 g/mol. The first-order chi connectivity index (χ1) is 11.4. The van der Waals surface area contributed by atoms with Crippen LogP contribution >= 0.6 is 0 Å². The molecule has 0 spiro atoms. The summed E-state index contributed by atoms with van der Waals surface area (Å²) in [7, 11) is -3.62. The molecule has 0 atom stereocenters. The normalized spacial score (nSPS) is 30.2. The van der Waals surface area contributed by atoms with Gasteiger partial charge in [-0.1, -0.05) is 13.3 Å². The molecule has 7 heteroatoms. The number of piperidine rings is 1. The van der Waals surface area contributed by atoms with Gasteiger partial charge in [0, 0.05) is 31.1 Å². The lowest BCUT2D eigenvalue weighted by molar-refractivity contribution is -0.140. The average Bonchev–Trinajstić information content (AvgIpc) is 3.40. The van der Waals surface area contributed by atoms with Gasteiger partial charge in [-0.2, -0.15) is 12.7 Å². The van der Waals surface area contributed by atoms with Crippen LogP contribution in [0.5, 0.6) is 0 Å². The van der Waals surface area contributed by atoms with E-state index < -0.39 is 10.2 Å². The highest BCUT2D eigenvalue weighted by Gasteiger charge is 2.42. The number of amides is 1. The van der Waals surface area contributed by atoms with Crippen LogP contribution in [0.4, 0.5) is 0 Å². The van der Waals surface area contributed by atoms with Gasteiger partial charge in [0.15, 0.2) is 0 Å². The molecule has 3 fully saturated rings. The van der Waals surface area contributed by atoms with Gasteiger partial charge in [0.25, 0.3) is 10.2 Å². The van der Waals surface area contributed by atoms with E-state index in [2.05, 4.69) is 11.8 Å². The molecule has 6 nitrogen and oxygen atoms in total. The summed E-state index contributed by atoms with van der Waals surface area (Å²) >= 11 is 0. The molecule has 0 aromatic heterocycles. The van der Waals surface area contributed by atoms with E-state index in [-0.39, 0.29) is 11.8 Å². The summed E-state index contributed by atoms with van der Waals surface area (Å²) in [5.41, 5.74) is 0. The molecular formula is C17H31N3O3S. The molecule has 0 bridgehead atoms. The summed E-state index contributed by atoms with van der Waals surface area (Å²) in [6.07, 6.45) is 9.46. The molecule has 0 unspecified atom stereocenters. The highest BCUT2D eigenvalue weighted by atomic mass is 32.2. The number of nitrogens with zero attached hydrogens (tertiary/aromatic N) is 2. The smallest absolute Gasteiger partial charge is 0.276 e. The number of carbonyl (C=O) groups is 1. The minimum Gasteiger partial charge on any atom is -0.336 e. The highest BCUT2D eigenvalue weighted by Crippen LogP contribution is 2.38. The van der Waals surface area contributed by atoms with E-state index in [1.807, 2.05) is 0 Å². The molecule has 2 saturated carbocycles. The number of hydrogen-bond donors (Lipinski definition) is 1. The Morgan fingerprint density at radius 3 is 1.92 bits per heavy atom. The highest BCUT2D eigenvalue weighted by molar-refractivity contribution is 7.86. The van der Waals surface area contributed by atoms with Gasteiger partial charge in [0.2, 0.25) is 5.91 Å². The Labute approximate surface area is 145 Å².